The zero-order valence-corrected chi connectivity index (χ0v) is 8.45. The normalized spacial score (nSPS) is 20.6. The van der Waals surface area contributed by atoms with Gasteiger partial charge in [-0.2, -0.15) is 0 Å². The first-order valence-corrected chi connectivity index (χ1v) is 5.26. The lowest BCUT2D eigenvalue weighted by atomic mass is 9.90. The number of carboxylic acid groups (broad SMARTS) is 1. The SMILES string of the molecule is N[C@@H](COCC1CCCCC1)C(=O)O. The van der Waals surface area contributed by atoms with E-state index >= 15 is 0 Å². The number of nitrogens with two attached hydrogens (primary N) is 1. The third-order valence-electron chi connectivity index (χ3n) is 2.69. The highest BCUT2D eigenvalue weighted by molar-refractivity contribution is 5.73. The van der Waals surface area contributed by atoms with Gasteiger partial charge in [-0.05, 0) is 18.8 Å². The Hall–Kier alpha value is -0.610. The van der Waals surface area contributed by atoms with Gasteiger partial charge in [0.15, 0.2) is 0 Å². The lowest BCUT2D eigenvalue weighted by Gasteiger charge is -2.21. The van der Waals surface area contributed by atoms with Crippen molar-refractivity contribution in [3.8, 4) is 0 Å². The van der Waals surface area contributed by atoms with Gasteiger partial charge in [0.25, 0.3) is 0 Å². The largest absolute Gasteiger partial charge is 0.480 e. The van der Waals surface area contributed by atoms with Crippen LogP contribution in [0.2, 0.25) is 0 Å². The van der Waals surface area contributed by atoms with E-state index in [0.717, 1.165) is 0 Å². The highest BCUT2D eigenvalue weighted by Crippen LogP contribution is 2.23. The van der Waals surface area contributed by atoms with Crippen LogP contribution in [0.3, 0.4) is 0 Å². The summed E-state index contributed by atoms with van der Waals surface area (Å²) in [6.07, 6.45) is 6.30. The van der Waals surface area contributed by atoms with Crippen LogP contribution in [0.5, 0.6) is 0 Å². The van der Waals surface area contributed by atoms with E-state index in [1.807, 2.05) is 0 Å². The van der Waals surface area contributed by atoms with E-state index in [-0.39, 0.29) is 6.61 Å². The van der Waals surface area contributed by atoms with Crippen molar-refractivity contribution in [2.45, 2.75) is 38.1 Å². The van der Waals surface area contributed by atoms with Gasteiger partial charge in [-0.3, -0.25) is 4.79 Å². The first-order valence-electron chi connectivity index (χ1n) is 5.26. The molecule has 0 radical (unpaired) electrons. The molecule has 0 spiro atoms. The summed E-state index contributed by atoms with van der Waals surface area (Å²) in [4.78, 5) is 10.4. The van der Waals surface area contributed by atoms with Crippen molar-refractivity contribution < 1.29 is 14.6 Å². The fraction of sp³-hybridized carbons (Fsp3) is 0.900. The molecule has 4 heteroatoms. The van der Waals surface area contributed by atoms with Crippen molar-refractivity contribution in [3.05, 3.63) is 0 Å². The molecule has 0 aromatic carbocycles. The van der Waals surface area contributed by atoms with Crippen LogP contribution >= 0.6 is 0 Å². The second-order valence-corrected chi connectivity index (χ2v) is 3.99. The van der Waals surface area contributed by atoms with Gasteiger partial charge in [0, 0.05) is 6.61 Å². The molecule has 1 rings (SSSR count). The Balaban J connectivity index is 2.05. The Morgan fingerprint density at radius 1 is 1.43 bits per heavy atom. The van der Waals surface area contributed by atoms with E-state index < -0.39 is 12.0 Å². The molecule has 1 fully saturated rings. The standard InChI is InChI=1S/C10H19NO3/c11-9(10(12)13)7-14-6-8-4-2-1-3-5-8/h8-9H,1-7,11H2,(H,12,13)/t9-/m0/s1. The molecule has 1 aliphatic rings. The van der Waals surface area contributed by atoms with Crippen LogP contribution in [0.25, 0.3) is 0 Å². The predicted octanol–water partition coefficient (Wildman–Crippen LogP) is 0.995. The van der Waals surface area contributed by atoms with E-state index in [4.69, 9.17) is 15.6 Å². The highest BCUT2D eigenvalue weighted by Gasteiger charge is 2.15. The molecule has 82 valence electrons. The number of aliphatic carboxylic acids is 1. The molecule has 0 amide bonds. The molecule has 0 aliphatic heterocycles. The number of carboxylic acids is 1. The number of hydrogen-bond acceptors (Lipinski definition) is 3. The minimum absolute atomic E-state index is 0.131. The number of ether oxygens (including phenoxy) is 1. The van der Waals surface area contributed by atoms with E-state index in [1.54, 1.807) is 0 Å². The maximum Gasteiger partial charge on any atom is 0.322 e. The quantitative estimate of drug-likeness (QED) is 0.696. The van der Waals surface area contributed by atoms with Crippen molar-refractivity contribution in [3.63, 3.8) is 0 Å². The molecule has 0 aromatic heterocycles. The number of hydrogen-bond donors (Lipinski definition) is 2. The summed E-state index contributed by atoms with van der Waals surface area (Å²) in [5, 5.41) is 8.51. The topological polar surface area (TPSA) is 72.5 Å². The monoisotopic (exact) mass is 201 g/mol. The molecule has 1 aliphatic carbocycles. The fourth-order valence-electron chi connectivity index (χ4n) is 1.79. The van der Waals surface area contributed by atoms with Crippen LogP contribution in [0.4, 0.5) is 0 Å². The summed E-state index contributed by atoms with van der Waals surface area (Å²) < 4.78 is 5.29. The molecule has 1 atom stereocenters. The molecule has 14 heavy (non-hydrogen) atoms. The fourth-order valence-corrected chi connectivity index (χ4v) is 1.79. The average Bonchev–Trinajstić information content (AvgIpc) is 2.19. The molecule has 0 aromatic rings. The van der Waals surface area contributed by atoms with Crippen molar-refractivity contribution in [2.24, 2.45) is 11.7 Å². The third-order valence-corrected chi connectivity index (χ3v) is 2.69. The van der Waals surface area contributed by atoms with Gasteiger partial charge in [-0.1, -0.05) is 19.3 Å². The van der Waals surface area contributed by atoms with Gasteiger partial charge >= 0.3 is 5.97 Å². The van der Waals surface area contributed by atoms with Crippen LogP contribution < -0.4 is 5.73 Å². The summed E-state index contributed by atoms with van der Waals surface area (Å²) in [6, 6.07) is -0.876. The minimum atomic E-state index is -0.992. The van der Waals surface area contributed by atoms with Crippen LogP contribution in [0.15, 0.2) is 0 Å². The smallest absolute Gasteiger partial charge is 0.322 e. The molecule has 0 saturated heterocycles. The van der Waals surface area contributed by atoms with Crippen molar-refractivity contribution in [1.29, 1.82) is 0 Å². The number of rotatable bonds is 5. The Bertz CT molecular complexity index is 178. The first-order chi connectivity index (χ1) is 6.70. The maximum atomic E-state index is 10.4. The minimum Gasteiger partial charge on any atom is -0.480 e. The van der Waals surface area contributed by atoms with Crippen molar-refractivity contribution in [2.75, 3.05) is 13.2 Å². The zero-order chi connectivity index (χ0) is 10.4. The van der Waals surface area contributed by atoms with E-state index in [1.165, 1.54) is 32.1 Å². The summed E-state index contributed by atoms with van der Waals surface area (Å²) in [7, 11) is 0. The average molecular weight is 201 g/mol. The van der Waals surface area contributed by atoms with Crippen LogP contribution in [0, 0.1) is 5.92 Å². The molecule has 0 unspecified atom stereocenters. The van der Waals surface area contributed by atoms with Crippen molar-refractivity contribution in [1.82, 2.24) is 0 Å². The molecule has 1 saturated carbocycles. The zero-order valence-electron chi connectivity index (χ0n) is 8.45. The van der Waals surface area contributed by atoms with Gasteiger partial charge in [-0.25, -0.2) is 0 Å². The molecule has 0 bridgehead atoms. The molecule has 3 N–H and O–H groups in total. The second-order valence-electron chi connectivity index (χ2n) is 3.99. The molecular weight excluding hydrogens is 182 g/mol. The van der Waals surface area contributed by atoms with Crippen LogP contribution in [-0.2, 0) is 9.53 Å². The predicted molar refractivity (Wildman–Crippen MR) is 53.0 cm³/mol. The maximum absolute atomic E-state index is 10.4. The van der Waals surface area contributed by atoms with Gasteiger partial charge in [0.05, 0.1) is 6.61 Å². The summed E-state index contributed by atoms with van der Waals surface area (Å²) in [5.74, 6) is -0.376. The lowest BCUT2D eigenvalue weighted by molar-refractivity contribution is -0.140. The molecule has 0 heterocycles. The Labute approximate surface area is 84.4 Å². The Kier molecular flexibility index (Phi) is 4.90. The van der Waals surface area contributed by atoms with E-state index in [0.29, 0.717) is 12.5 Å². The summed E-state index contributed by atoms with van der Waals surface area (Å²) in [5.41, 5.74) is 5.31. The lowest BCUT2D eigenvalue weighted by Crippen LogP contribution is -2.35. The summed E-state index contributed by atoms with van der Waals surface area (Å²) in [6.45, 7) is 0.798. The van der Waals surface area contributed by atoms with Gasteiger partial charge < -0.3 is 15.6 Å². The first kappa shape index (κ1) is 11.5. The summed E-state index contributed by atoms with van der Waals surface area (Å²) >= 11 is 0. The van der Waals surface area contributed by atoms with E-state index in [9.17, 15) is 4.79 Å². The van der Waals surface area contributed by atoms with Gasteiger partial charge in [0.2, 0.25) is 0 Å². The second kappa shape index (κ2) is 5.98. The van der Waals surface area contributed by atoms with Crippen molar-refractivity contribution >= 4 is 5.97 Å². The highest BCUT2D eigenvalue weighted by atomic mass is 16.5. The number of carbonyl (C=O) groups is 1. The molecular formula is C10H19NO3. The Morgan fingerprint density at radius 3 is 2.64 bits per heavy atom. The third kappa shape index (κ3) is 4.07. The van der Waals surface area contributed by atoms with Gasteiger partial charge in [-0.15, -0.1) is 0 Å². The Morgan fingerprint density at radius 2 is 2.07 bits per heavy atom. The van der Waals surface area contributed by atoms with E-state index in [2.05, 4.69) is 0 Å². The van der Waals surface area contributed by atoms with Gasteiger partial charge in [0.1, 0.15) is 6.04 Å². The van der Waals surface area contributed by atoms with Crippen LogP contribution in [-0.4, -0.2) is 30.3 Å². The van der Waals surface area contributed by atoms with Crippen LogP contribution in [0.1, 0.15) is 32.1 Å². The molecule has 4 nitrogen and oxygen atoms in total.